The van der Waals surface area contributed by atoms with Crippen LogP contribution in [0, 0.1) is 5.41 Å². The Morgan fingerprint density at radius 2 is 1.69 bits per heavy atom. The van der Waals surface area contributed by atoms with Crippen molar-refractivity contribution in [2.45, 2.75) is 116 Å². The zero-order valence-electron chi connectivity index (χ0n) is 23.0. The van der Waals surface area contributed by atoms with E-state index in [9.17, 15) is 5.11 Å². The van der Waals surface area contributed by atoms with Crippen LogP contribution >= 0.6 is 0 Å². The highest BCUT2D eigenvalue weighted by Crippen LogP contribution is 2.59. The first-order valence-corrected chi connectivity index (χ1v) is 13.5. The average molecular weight is 479 g/mol. The van der Waals surface area contributed by atoms with Crippen LogP contribution in [-0.4, -0.2) is 12.2 Å². The fourth-order valence-electron chi connectivity index (χ4n) is 7.02. The molecule has 1 aliphatic heterocycles. The van der Waals surface area contributed by atoms with Crippen LogP contribution in [0.1, 0.15) is 138 Å². The van der Waals surface area contributed by atoms with Gasteiger partial charge in [0.1, 0.15) is 13.2 Å². The first-order chi connectivity index (χ1) is 16.4. The lowest BCUT2D eigenvalue weighted by molar-refractivity contribution is -0.897. The van der Waals surface area contributed by atoms with Gasteiger partial charge in [0.25, 0.3) is 0 Å². The van der Waals surface area contributed by atoms with Crippen LogP contribution in [0.4, 0.5) is 0 Å². The minimum Gasteiger partial charge on any atom is -0.388 e. The molecule has 3 aliphatic rings. The van der Waals surface area contributed by atoms with Crippen molar-refractivity contribution in [1.29, 1.82) is 0 Å². The number of aliphatic hydroxyl groups excluding tert-OH is 1. The lowest BCUT2D eigenvalue weighted by Crippen LogP contribution is -2.53. The average Bonchev–Trinajstić information content (AvgIpc) is 3.36. The maximum absolute atomic E-state index is 11.6. The van der Waals surface area contributed by atoms with Crippen molar-refractivity contribution in [1.82, 2.24) is 0 Å². The maximum atomic E-state index is 11.6. The number of ether oxygens (including phenoxy) is 1. The molecular weight excluding hydrogens is 434 g/mol. The monoisotopic (exact) mass is 478 g/mol. The first kappa shape index (κ1) is 24.8. The van der Waals surface area contributed by atoms with Crippen LogP contribution in [0.5, 0.6) is 0 Å². The minimum atomic E-state index is -0.506. The van der Waals surface area contributed by atoms with Crippen molar-refractivity contribution in [3.63, 3.8) is 0 Å². The van der Waals surface area contributed by atoms with Crippen molar-refractivity contribution >= 4 is 0 Å². The number of rotatable bonds is 3. The van der Waals surface area contributed by atoms with Gasteiger partial charge in [0.15, 0.2) is 0 Å². The van der Waals surface area contributed by atoms with E-state index >= 15 is 0 Å². The molecule has 1 saturated carbocycles. The van der Waals surface area contributed by atoms with Crippen LogP contribution in [-0.2, 0) is 22.2 Å². The summed E-state index contributed by atoms with van der Waals surface area (Å²) in [5, 5.41) is 11.6. The van der Waals surface area contributed by atoms with E-state index in [1.165, 1.54) is 40.8 Å². The molecule has 1 fully saturated rings. The summed E-state index contributed by atoms with van der Waals surface area (Å²) in [6.45, 7) is 15.8. The quantitative estimate of drug-likeness (QED) is 0.523. The second-order valence-electron chi connectivity index (χ2n) is 13.3. The molecule has 2 unspecified atom stereocenters. The van der Waals surface area contributed by atoms with E-state index in [2.05, 4.69) is 77.5 Å². The number of hydrogen-bond acceptors (Lipinski definition) is 3. The van der Waals surface area contributed by atoms with Gasteiger partial charge in [0.05, 0.1) is 22.8 Å². The minimum absolute atomic E-state index is 0.0136. The fraction of sp³-hybridized carbons (Fsp3) is 0.645. The number of nitrogens with zero attached hydrogens (tertiary/aromatic N) is 1. The van der Waals surface area contributed by atoms with Gasteiger partial charge in [-0.1, -0.05) is 85.6 Å². The highest BCUT2D eigenvalue weighted by atomic mass is 16.6. The van der Waals surface area contributed by atoms with E-state index in [-0.39, 0.29) is 28.5 Å². The second kappa shape index (κ2) is 8.31. The normalized spacial score (nSPS) is 24.6. The van der Waals surface area contributed by atoms with Gasteiger partial charge in [-0.15, -0.1) is 0 Å². The molecule has 1 aromatic heterocycles. The molecule has 35 heavy (non-hydrogen) atoms. The Balaban J connectivity index is 1.80. The number of aliphatic hydroxyl groups is 1. The molecule has 1 spiro atoms. The van der Waals surface area contributed by atoms with E-state index in [1.807, 2.05) is 0 Å². The molecule has 0 bridgehead atoms. The van der Waals surface area contributed by atoms with Gasteiger partial charge in [-0.2, -0.15) is 0 Å². The molecule has 190 valence electrons. The molecular formula is C31H44NO3+. The van der Waals surface area contributed by atoms with Gasteiger partial charge in [0.2, 0.25) is 11.4 Å². The van der Waals surface area contributed by atoms with Crippen molar-refractivity contribution in [2.75, 3.05) is 7.11 Å². The number of fused-ring (bicyclic) bond motifs is 4. The van der Waals surface area contributed by atoms with Gasteiger partial charge < -0.3 is 9.84 Å². The van der Waals surface area contributed by atoms with Crippen molar-refractivity contribution in [2.24, 2.45) is 5.41 Å². The Morgan fingerprint density at radius 3 is 2.23 bits per heavy atom. The standard InChI is InChI=1S/C31H44NO3/c1-19(2)27-25-26(24-22(32(27)34-8)17-30(6,7)18-23(24)33)31(15-9-10-16-31)35-28(25)20-11-13-21(14-12-20)29(3,4)5/h11-14,19,23,28,33H,9-10,15-18H2,1-8H3/q+1. The molecule has 2 atom stereocenters. The summed E-state index contributed by atoms with van der Waals surface area (Å²) in [6.07, 6.45) is 5.38. The lowest BCUT2D eigenvalue weighted by atomic mass is 9.70. The Morgan fingerprint density at radius 1 is 1.06 bits per heavy atom. The van der Waals surface area contributed by atoms with Crippen LogP contribution in [0.3, 0.4) is 0 Å². The van der Waals surface area contributed by atoms with Crippen LogP contribution in [0.25, 0.3) is 0 Å². The number of benzene rings is 1. The Labute approximate surface area is 211 Å². The molecule has 4 heteroatoms. The van der Waals surface area contributed by atoms with E-state index in [1.54, 1.807) is 7.11 Å². The molecule has 0 amide bonds. The maximum Gasteiger partial charge on any atom is 0.243 e. The number of pyridine rings is 1. The first-order valence-electron chi connectivity index (χ1n) is 13.5. The Kier molecular flexibility index (Phi) is 5.88. The van der Waals surface area contributed by atoms with Gasteiger partial charge in [0, 0.05) is 22.6 Å². The van der Waals surface area contributed by atoms with Gasteiger partial charge in [-0.05, 0) is 41.2 Å². The summed E-state index contributed by atoms with van der Waals surface area (Å²) < 4.78 is 9.22. The van der Waals surface area contributed by atoms with E-state index in [0.717, 1.165) is 36.9 Å². The third-order valence-corrected chi connectivity index (χ3v) is 8.60. The van der Waals surface area contributed by atoms with Crippen molar-refractivity contribution in [3.05, 3.63) is 63.5 Å². The smallest absolute Gasteiger partial charge is 0.243 e. The predicted molar refractivity (Wildman–Crippen MR) is 139 cm³/mol. The Bertz CT molecular complexity index is 1120. The summed E-state index contributed by atoms with van der Waals surface area (Å²) in [5.41, 5.74) is 8.27. The van der Waals surface area contributed by atoms with E-state index < -0.39 is 6.10 Å². The molecule has 1 aromatic carbocycles. The summed E-state index contributed by atoms with van der Waals surface area (Å²) in [4.78, 5) is 6.12. The molecule has 0 saturated heterocycles. The van der Waals surface area contributed by atoms with Gasteiger partial charge in [-0.3, -0.25) is 4.84 Å². The largest absolute Gasteiger partial charge is 0.388 e. The highest BCUT2D eigenvalue weighted by Gasteiger charge is 2.56. The molecule has 4 nitrogen and oxygen atoms in total. The molecule has 2 aromatic rings. The Hall–Kier alpha value is -1.91. The fourth-order valence-corrected chi connectivity index (χ4v) is 7.02. The molecule has 5 rings (SSSR count). The van der Waals surface area contributed by atoms with Crippen LogP contribution in [0.15, 0.2) is 24.3 Å². The second-order valence-corrected chi connectivity index (χ2v) is 13.3. The summed E-state index contributed by atoms with van der Waals surface area (Å²) in [7, 11) is 1.76. The molecule has 1 N–H and O–H groups in total. The summed E-state index contributed by atoms with van der Waals surface area (Å²) in [5.74, 6) is 0.257. The van der Waals surface area contributed by atoms with Crippen LogP contribution < -0.4 is 9.57 Å². The zero-order chi connectivity index (χ0) is 25.3. The molecule has 0 radical (unpaired) electrons. The van der Waals surface area contributed by atoms with Gasteiger partial charge >= 0.3 is 0 Å². The zero-order valence-corrected chi connectivity index (χ0v) is 23.0. The number of aromatic nitrogens is 1. The highest BCUT2D eigenvalue weighted by molar-refractivity contribution is 5.52. The van der Waals surface area contributed by atoms with E-state index in [4.69, 9.17) is 9.57 Å². The SMILES string of the molecule is CO[n+]1c2c(c3c(c1C(C)C)C(c1ccc(C(C)(C)C)cc1)OC31CCCC1)C(O)CC(C)(C)C2. The summed E-state index contributed by atoms with van der Waals surface area (Å²) >= 11 is 0. The van der Waals surface area contributed by atoms with E-state index in [0.29, 0.717) is 0 Å². The topological polar surface area (TPSA) is 42.6 Å². The predicted octanol–water partition coefficient (Wildman–Crippen LogP) is 6.35. The molecule has 2 aliphatic carbocycles. The van der Waals surface area contributed by atoms with Crippen molar-refractivity contribution in [3.8, 4) is 0 Å². The number of hydrogen-bond donors (Lipinski definition) is 1. The lowest BCUT2D eigenvalue weighted by Gasteiger charge is -2.36. The third kappa shape index (κ3) is 3.92. The molecule has 2 heterocycles. The van der Waals surface area contributed by atoms with Crippen LogP contribution in [0.2, 0.25) is 0 Å². The van der Waals surface area contributed by atoms with Crippen molar-refractivity contribution < 1.29 is 19.4 Å². The third-order valence-electron chi connectivity index (χ3n) is 8.60. The van der Waals surface area contributed by atoms with Gasteiger partial charge in [-0.25, -0.2) is 0 Å². The summed E-state index contributed by atoms with van der Waals surface area (Å²) in [6, 6.07) is 9.02.